The zero-order valence-electron chi connectivity index (χ0n) is 10.9. The fraction of sp³-hybridized carbons (Fsp3) is 0.500. The lowest BCUT2D eigenvalue weighted by molar-refractivity contribution is 0.0674. The number of aliphatic imine (C=N–C) groups is 1. The van der Waals surface area contributed by atoms with Gasteiger partial charge in [0.15, 0.2) is 5.96 Å². The first-order valence-electron chi connectivity index (χ1n) is 5.91. The Bertz CT molecular complexity index is 424. The molecule has 2 N–H and O–H groups in total. The van der Waals surface area contributed by atoms with Gasteiger partial charge in [0.2, 0.25) is 0 Å². The smallest absolute Gasteiger partial charge is 0.191 e. The average Bonchev–Trinajstić information content (AvgIpc) is 2.46. The van der Waals surface area contributed by atoms with E-state index in [1.54, 1.807) is 11.8 Å². The van der Waals surface area contributed by atoms with Crippen LogP contribution < -0.4 is 5.73 Å². The molecule has 0 spiro atoms. The van der Waals surface area contributed by atoms with Crippen molar-refractivity contribution in [1.82, 2.24) is 9.88 Å². The first-order valence-corrected chi connectivity index (χ1v) is 7.13. The number of pyridine rings is 1. The number of halogens is 1. The van der Waals surface area contributed by atoms with Crippen LogP contribution >= 0.6 is 35.7 Å². The third kappa shape index (κ3) is 5.15. The van der Waals surface area contributed by atoms with Gasteiger partial charge >= 0.3 is 0 Å². The molecule has 5 nitrogen and oxygen atoms in total. The van der Waals surface area contributed by atoms with Gasteiger partial charge < -0.3 is 15.4 Å². The molecule has 106 valence electrons. The summed E-state index contributed by atoms with van der Waals surface area (Å²) >= 11 is 1.63. The van der Waals surface area contributed by atoms with E-state index in [0.717, 1.165) is 36.9 Å². The molecular formula is C12H19IN4OS. The Labute approximate surface area is 135 Å². The number of nitrogens with zero attached hydrogens (tertiary/aromatic N) is 3. The van der Waals surface area contributed by atoms with Crippen molar-refractivity contribution in [3.05, 3.63) is 23.9 Å². The van der Waals surface area contributed by atoms with Gasteiger partial charge in [-0.1, -0.05) is 0 Å². The molecular weight excluding hydrogens is 375 g/mol. The monoisotopic (exact) mass is 394 g/mol. The Balaban J connectivity index is 0.00000180. The van der Waals surface area contributed by atoms with Gasteiger partial charge in [-0.05, 0) is 24.0 Å². The molecule has 0 aliphatic carbocycles. The highest BCUT2D eigenvalue weighted by molar-refractivity contribution is 14.0. The summed E-state index contributed by atoms with van der Waals surface area (Å²) in [5.74, 6) is 0.598. The van der Waals surface area contributed by atoms with E-state index in [4.69, 9.17) is 10.5 Å². The number of rotatable bonds is 3. The Hall–Kier alpha value is -0.540. The van der Waals surface area contributed by atoms with Crippen LogP contribution in [-0.2, 0) is 11.3 Å². The summed E-state index contributed by atoms with van der Waals surface area (Å²) in [7, 11) is 0. The maximum Gasteiger partial charge on any atom is 0.191 e. The highest BCUT2D eigenvalue weighted by atomic mass is 127. The van der Waals surface area contributed by atoms with Crippen LogP contribution in [0, 0.1) is 0 Å². The third-order valence-electron chi connectivity index (χ3n) is 2.77. The predicted octanol–water partition coefficient (Wildman–Crippen LogP) is 1.57. The van der Waals surface area contributed by atoms with E-state index in [-0.39, 0.29) is 24.0 Å². The third-order valence-corrected chi connectivity index (χ3v) is 3.41. The number of morpholine rings is 1. The normalized spacial score (nSPS) is 16.1. The van der Waals surface area contributed by atoms with E-state index in [1.165, 1.54) is 0 Å². The van der Waals surface area contributed by atoms with E-state index in [1.807, 2.05) is 24.6 Å². The molecule has 0 saturated carbocycles. The topological polar surface area (TPSA) is 63.7 Å². The lowest BCUT2D eigenvalue weighted by atomic mass is 10.3. The summed E-state index contributed by atoms with van der Waals surface area (Å²) in [6, 6.07) is 4.01. The Morgan fingerprint density at radius 1 is 1.53 bits per heavy atom. The molecule has 1 aliphatic heterocycles. The zero-order chi connectivity index (χ0) is 12.8. The highest BCUT2D eigenvalue weighted by Crippen LogP contribution is 2.13. The molecule has 0 radical (unpaired) electrons. The van der Waals surface area contributed by atoms with E-state index >= 15 is 0 Å². The number of thioether (sulfide) groups is 1. The number of aromatic nitrogens is 1. The highest BCUT2D eigenvalue weighted by Gasteiger charge is 2.11. The fourth-order valence-corrected chi connectivity index (χ4v) is 2.16. The quantitative estimate of drug-likeness (QED) is 0.365. The lowest BCUT2D eigenvalue weighted by Gasteiger charge is -2.27. The molecule has 1 aromatic rings. The van der Waals surface area contributed by atoms with Crippen molar-refractivity contribution in [2.24, 2.45) is 10.7 Å². The van der Waals surface area contributed by atoms with Crippen LogP contribution in [-0.4, -0.2) is 48.4 Å². The minimum atomic E-state index is 0. The van der Waals surface area contributed by atoms with Gasteiger partial charge in [-0.2, -0.15) is 0 Å². The average molecular weight is 394 g/mol. The molecule has 7 heteroatoms. The molecule has 0 aromatic carbocycles. The number of guanidine groups is 1. The second kappa shape index (κ2) is 8.60. The van der Waals surface area contributed by atoms with E-state index in [9.17, 15) is 0 Å². The van der Waals surface area contributed by atoms with Gasteiger partial charge in [0.1, 0.15) is 0 Å². The number of nitrogens with two attached hydrogens (primary N) is 1. The molecule has 0 bridgehead atoms. The van der Waals surface area contributed by atoms with Crippen LogP contribution in [0.4, 0.5) is 0 Å². The van der Waals surface area contributed by atoms with Crippen molar-refractivity contribution < 1.29 is 4.74 Å². The first-order chi connectivity index (χ1) is 8.79. The van der Waals surface area contributed by atoms with Crippen molar-refractivity contribution in [3.63, 3.8) is 0 Å². The van der Waals surface area contributed by atoms with Crippen molar-refractivity contribution >= 4 is 41.7 Å². The standard InChI is InChI=1S/C12H18N4OS.HI/c1-18-11-8-10(2-3-14-11)9-15-12(13)16-4-6-17-7-5-16;/h2-3,8H,4-7,9H2,1H3,(H2,13,15);1H. The molecule has 19 heavy (non-hydrogen) atoms. The van der Waals surface area contributed by atoms with Crippen LogP contribution in [0.25, 0.3) is 0 Å². The van der Waals surface area contributed by atoms with Crippen LogP contribution in [0.2, 0.25) is 0 Å². The van der Waals surface area contributed by atoms with Gasteiger partial charge in [-0.15, -0.1) is 35.7 Å². The maximum absolute atomic E-state index is 5.97. The summed E-state index contributed by atoms with van der Waals surface area (Å²) in [5, 5.41) is 1.01. The zero-order valence-corrected chi connectivity index (χ0v) is 14.1. The van der Waals surface area contributed by atoms with Crippen LogP contribution in [0.1, 0.15) is 5.56 Å². The minimum Gasteiger partial charge on any atom is -0.378 e. The maximum atomic E-state index is 5.97. The van der Waals surface area contributed by atoms with Gasteiger partial charge in [-0.25, -0.2) is 9.98 Å². The van der Waals surface area contributed by atoms with Gasteiger partial charge in [0, 0.05) is 19.3 Å². The molecule has 2 heterocycles. The SMILES string of the molecule is CSc1cc(CN=C(N)N2CCOCC2)ccn1.I. The second-order valence-corrected chi connectivity index (χ2v) is 4.81. The van der Waals surface area contributed by atoms with Crippen molar-refractivity contribution in [2.75, 3.05) is 32.6 Å². The molecule has 1 aromatic heterocycles. The van der Waals surface area contributed by atoms with E-state index in [2.05, 4.69) is 14.9 Å². The van der Waals surface area contributed by atoms with Crippen molar-refractivity contribution in [1.29, 1.82) is 0 Å². The number of hydrogen-bond donors (Lipinski definition) is 1. The lowest BCUT2D eigenvalue weighted by Crippen LogP contribution is -2.44. The van der Waals surface area contributed by atoms with Crippen molar-refractivity contribution in [3.8, 4) is 0 Å². The number of hydrogen-bond acceptors (Lipinski definition) is 4. The van der Waals surface area contributed by atoms with Gasteiger partial charge in [-0.3, -0.25) is 0 Å². The Morgan fingerprint density at radius 2 is 2.26 bits per heavy atom. The van der Waals surface area contributed by atoms with Crippen LogP contribution in [0.5, 0.6) is 0 Å². The molecule has 1 fully saturated rings. The van der Waals surface area contributed by atoms with Crippen LogP contribution in [0.15, 0.2) is 28.3 Å². The summed E-state index contributed by atoms with van der Waals surface area (Å²) < 4.78 is 5.28. The molecule has 0 unspecified atom stereocenters. The summed E-state index contributed by atoms with van der Waals surface area (Å²) in [4.78, 5) is 10.7. The first kappa shape index (κ1) is 16.5. The van der Waals surface area contributed by atoms with Crippen molar-refractivity contribution in [2.45, 2.75) is 11.6 Å². The Morgan fingerprint density at radius 3 is 2.95 bits per heavy atom. The second-order valence-electron chi connectivity index (χ2n) is 3.98. The molecule has 1 saturated heterocycles. The molecule has 2 rings (SSSR count). The largest absolute Gasteiger partial charge is 0.378 e. The van der Waals surface area contributed by atoms with Gasteiger partial charge in [0.25, 0.3) is 0 Å². The summed E-state index contributed by atoms with van der Waals surface area (Å²) in [6.07, 6.45) is 3.82. The molecule has 0 amide bonds. The summed E-state index contributed by atoms with van der Waals surface area (Å²) in [6.45, 7) is 3.69. The fourth-order valence-electron chi connectivity index (χ4n) is 1.73. The van der Waals surface area contributed by atoms with E-state index < -0.39 is 0 Å². The van der Waals surface area contributed by atoms with E-state index in [0.29, 0.717) is 12.5 Å². The summed E-state index contributed by atoms with van der Waals surface area (Å²) in [5.41, 5.74) is 7.10. The predicted molar refractivity (Wildman–Crippen MR) is 89.2 cm³/mol. The van der Waals surface area contributed by atoms with Gasteiger partial charge in [0.05, 0.1) is 24.8 Å². The number of ether oxygens (including phenoxy) is 1. The molecule has 0 atom stereocenters. The minimum absolute atomic E-state index is 0. The molecule has 1 aliphatic rings. The van der Waals surface area contributed by atoms with Crippen LogP contribution in [0.3, 0.4) is 0 Å². The Kier molecular flexibility index (Phi) is 7.47.